The van der Waals surface area contributed by atoms with Crippen molar-refractivity contribution in [2.75, 3.05) is 55.5 Å². The van der Waals surface area contributed by atoms with Crippen LogP contribution >= 0.6 is 0 Å². The highest BCUT2D eigenvalue weighted by molar-refractivity contribution is 5.69. The maximum Gasteiger partial charge on any atom is 0.227 e. The molecule has 162 valence electrons. The second kappa shape index (κ2) is 10.1. The first-order valence-corrected chi connectivity index (χ1v) is 10.4. The molecule has 4 rings (SSSR count). The van der Waals surface area contributed by atoms with E-state index in [2.05, 4.69) is 32.3 Å². The summed E-state index contributed by atoms with van der Waals surface area (Å²) in [4.78, 5) is 11.3. The summed E-state index contributed by atoms with van der Waals surface area (Å²) in [5.41, 5.74) is 10.4. The Morgan fingerprint density at radius 2 is 1.90 bits per heavy atom. The molecule has 0 amide bonds. The van der Waals surface area contributed by atoms with Gasteiger partial charge in [-0.15, -0.1) is 0 Å². The van der Waals surface area contributed by atoms with Crippen LogP contribution in [0.2, 0.25) is 0 Å². The van der Waals surface area contributed by atoms with E-state index in [4.69, 9.17) is 20.3 Å². The van der Waals surface area contributed by atoms with Crippen molar-refractivity contribution in [3.05, 3.63) is 54.7 Å². The third kappa shape index (κ3) is 5.42. The fourth-order valence-corrected chi connectivity index (χ4v) is 3.37. The summed E-state index contributed by atoms with van der Waals surface area (Å²) in [6, 6.07) is 15.6. The van der Waals surface area contributed by atoms with Crippen LogP contribution in [0.5, 0.6) is 5.75 Å². The lowest BCUT2D eigenvalue weighted by Crippen LogP contribution is -2.36. The van der Waals surface area contributed by atoms with Gasteiger partial charge in [0, 0.05) is 49.3 Å². The molecule has 3 aromatic rings. The zero-order valence-corrected chi connectivity index (χ0v) is 17.3. The molecule has 8 heteroatoms. The molecule has 0 saturated carbocycles. The highest BCUT2D eigenvalue weighted by Crippen LogP contribution is 2.28. The van der Waals surface area contributed by atoms with E-state index in [0.717, 1.165) is 43.2 Å². The third-order valence-corrected chi connectivity index (χ3v) is 5.02. The maximum absolute atomic E-state index is 8.87. The fraction of sp³-hybridized carbons (Fsp3) is 0.304. The van der Waals surface area contributed by atoms with Gasteiger partial charge in [0.05, 0.1) is 31.2 Å². The first kappa shape index (κ1) is 20.9. The highest BCUT2D eigenvalue weighted by atomic mass is 16.5. The number of aliphatic hydroxyl groups excluding tert-OH is 1. The van der Waals surface area contributed by atoms with Crippen molar-refractivity contribution in [2.24, 2.45) is 0 Å². The van der Waals surface area contributed by atoms with Crippen LogP contribution in [0.25, 0.3) is 11.3 Å². The molecule has 1 aliphatic rings. The number of nitrogen functional groups attached to an aromatic ring is 1. The molecule has 0 bridgehead atoms. The van der Waals surface area contributed by atoms with E-state index in [0.29, 0.717) is 30.4 Å². The minimum Gasteiger partial charge on any atom is -0.491 e. The Bertz CT molecular complexity index is 991. The van der Waals surface area contributed by atoms with Gasteiger partial charge in [-0.2, -0.15) is 0 Å². The van der Waals surface area contributed by atoms with Crippen molar-refractivity contribution >= 4 is 23.0 Å². The van der Waals surface area contributed by atoms with Gasteiger partial charge < -0.3 is 30.5 Å². The number of ether oxygens (including phenoxy) is 2. The predicted octanol–water partition coefficient (Wildman–Crippen LogP) is 3.07. The second-order valence-electron chi connectivity index (χ2n) is 7.22. The summed E-state index contributed by atoms with van der Waals surface area (Å²) in [5, 5.41) is 12.1. The average Bonchev–Trinajstić information content (AvgIpc) is 2.81. The number of rotatable bonds is 8. The van der Waals surface area contributed by atoms with Crippen LogP contribution in [0.4, 0.5) is 23.0 Å². The molecule has 0 spiro atoms. The monoisotopic (exact) mass is 421 g/mol. The van der Waals surface area contributed by atoms with E-state index in [1.54, 1.807) is 6.20 Å². The van der Waals surface area contributed by atoms with E-state index < -0.39 is 0 Å². The molecule has 8 nitrogen and oxygen atoms in total. The molecule has 0 radical (unpaired) electrons. The van der Waals surface area contributed by atoms with E-state index >= 15 is 0 Å². The zero-order chi connectivity index (χ0) is 21.5. The molecule has 2 aromatic carbocycles. The molecule has 0 aliphatic carbocycles. The van der Waals surface area contributed by atoms with Crippen molar-refractivity contribution in [3.63, 3.8) is 0 Å². The number of benzene rings is 2. The van der Waals surface area contributed by atoms with Crippen LogP contribution in [0.3, 0.4) is 0 Å². The van der Waals surface area contributed by atoms with Crippen LogP contribution in [-0.2, 0) is 4.74 Å². The Morgan fingerprint density at radius 1 is 1.10 bits per heavy atom. The number of morpholine rings is 1. The van der Waals surface area contributed by atoms with Crippen molar-refractivity contribution in [1.29, 1.82) is 0 Å². The molecule has 1 aliphatic heterocycles. The molecule has 31 heavy (non-hydrogen) atoms. The summed E-state index contributed by atoms with van der Waals surface area (Å²) in [6.45, 7) is 3.86. The van der Waals surface area contributed by atoms with E-state index in [9.17, 15) is 0 Å². The zero-order valence-electron chi connectivity index (χ0n) is 17.3. The van der Waals surface area contributed by atoms with E-state index in [1.165, 1.54) is 5.69 Å². The highest BCUT2D eigenvalue weighted by Gasteiger charge is 2.11. The Labute approximate surface area is 181 Å². The van der Waals surface area contributed by atoms with E-state index in [1.807, 2.05) is 36.4 Å². The quantitative estimate of drug-likeness (QED) is 0.376. The normalized spacial score (nSPS) is 13.8. The number of hydrogen-bond donors (Lipinski definition) is 3. The second-order valence-corrected chi connectivity index (χ2v) is 7.22. The minimum absolute atomic E-state index is 0.0879. The van der Waals surface area contributed by atoms with Crippen LogP contribution in [0.15, 0.2) is 54.7 Å². The average molecular weight is 422 g/mol. The SMILES string of the molecule is Nc1cc(-c2ccnc(Nc3ccc(N4CCOCC4)cc3)n2)ccc1OCCCO. The number of nitrogens with one attached hydrogen (secondary N) is 1. The van der Waals surface area contributed by atoms with Gasteiger partial charge in [-0.3, -0.25) is 0 Å². The van der Waals surface area contributed by atoms with Gasteiger partial charge in [0.15, 0.2) is 0 Å². The molecule has 1 saturated heterocycles. The van der Waals surface area contributed by atoms with Gasteiger partial charge in [0.25, 0.3) is 0 Å². The molecule has 2 heterocycles. The van der Waals surface area contributed by atoms with Crippen molar-refractivity contribution in [3.8, 4) is 17.0 Å². The maximum atomic E-state index is 8.87. The molecular weight excluding hydrogens is 394 g/mol. The van der Waals surface area contributed by atoms with Gasteiger partial charge in [0.1, 0.15) is 5.75 Å². The minimum atomic E-state index is 0.0879. The summed E-state index contributed by atoms with van der Waals surface area (Å²) in [7, 11) is 0. The van der Waals surface area contributed by atoms with Gasteiger partial charge >= 0.3 is 0 Å². The predicted molar refractivity (Wildman–Crippen MR) is 122 cm³/mol. The topological polar surface area (TPSA) is 106 Å². The van der Waals surface area contributed by atoms with Crippen LogP contribution in [-0.4, -0.2) is 54.6 Å². The first-order chi connectivity index (χ1) is 15.2. The number of nitrogens with two attached hydrogens (primary N) is 1. The Hall–Kier alpha value is -3.36. The summed E-state index contributed by atoms with van der Waals surface area (Å²) < 4.78 is 11.0. The summed E-state index contributed by atoms with van der Waals surface area (Å²) >= 11 is 0. The molecule has 0 atom stereocenters. The molecule has 1 aromatic heterocycles. The van der Waals surface area contributed by atoms with Gasteiger partial charge in [0.2, 0.25) is 5.95 Å². The van der Waals surface area contributed by atoms with Crippen LogP contribution in [0, 0.1) is 0 Å². The van der Waals surface area contributed by atoms with Crippen molar-refractivity contribution in [1.82, 2.24) is 9.97 Å². The number of hydrogen-bond acceptors (Lipinski definition) is 8. The lowest BCUT2D eigenvalue weighted by atomic mass is 10.1. The first-order valence-electron chi connectivity index (χ1n) is 10.4. The van der Waals surface area contributed by atoms with Gasteiger partial charge in [-0.25, -0.2) is 9.97 Å². The molecular formula is C23H27N5O3. The van der Waals surface area contributed by atoms with Crippen LogP contribution < -0.4 is 20.7 Å². The van der Waals surface area contributed by atoms with Crippen molar-refractivity contribution < 1.29 is 14.6 Å². The standard InChI is InChI=1S/C23H27N5O3/c24-20-16-17(2-7-22(20)31-13-1-12-29)21-8-9-25-23(27-21)26-18-3-5-19(6-4-18)28-10-14-30-15-11-28/h2-9,16,29H,1,10-15,24H2,(H,25,26,27). The number of aromatic nitrogens is 2. The summed E-state index contributed by atoms with van der Waals surface area (Å²) in [6.07, 6.45) is 2.28. The summed E-state index contributed by atoms with van der Waals surface area (Å²) in [5.74, 6) is 1.11. The van der Waals surface area contributed by atoms with Crippen LogP contribution in [0.1, 0.15) is 6.42 Å². The lowest BCUT2D eigenvalue weighted by Gasteiger charge is -2.28. The van der Waals surface area contributed by atoms with Gasteiger partial charge in [-0.1, -0.05) is 0 Å². The van der Waals surface area contributed by atoms with E-state index in [-0.39, 0.29) is 6.61 Å². The third-order valence-electron chi connectivity index (χ3n) is 5.02. The molecule has 0 unspecified atom stereocenters. The van der Waals surface area contributed by atoms with Crippen molar-refractivity contribution in [2.45, 2.75) is 6.42 Å². The number of anilines is 4. The smallest absolute Gasteiger partial charge is 0.227 e. The fourth-order valence-electron chi connectivity index (χ4n) is 3.37. The largest absolute Gasteiger partial charge is 0.491 e. The Morgan fingerprint density at radius 3 is 2.65 bits per heavy atom. The van der Waals surface area contributed by atoms with Gasteiger partial charge in [-0.05, 0) is 48.5 Å². The Balaban J connectivity index is 1.44. The molecule has 4 N–H and O–H groups in total. The lowest BCUT2D eigenvalue weighted by molar-refractivity contribution is 0.122. The molecule has 1 fully saturated rings. The number of nitrogens with zero attached hydrogens (tertiary/aromatic N) is 3. The Kier molecular flexibility index (Phi) is 6.81. The number of aliphatic hydroxyl groups is 1.